The second-order valence-electron chi connectivity index (χ2n) is 2.56. The standard InChI is InChI=1S/C7H8BrN3S/c8-6-2-1-5(12-6)4-3-10-7(9)11-4/h1-2,4H,3H2,(H3,9,10,11). The van der Waals surface area contributed by atoms with E-state index >= 15 is 0 Å². The normalized spacial score (nSPS) is 22.1. The average Bonchev–Trinajstić information content (AvgIpc) is 2.58. The van der Waals surface area contributed by atoms with Gasteiger partial charge in [-0.3, -0.25) is 4.99 Å². The molecule has 1 aromatic rings. The second-order valence-corrected chi connectivity index (χ2v) is 5.06. The van der Waals surface area contributed by atoms with Crippen LogP contribution >= 0.6 is 27.3 Å². The number of nitrogens with two attached hydrogens (primary N) is 1. The van der Waals surface area contributed by atoms with Gasteiger partial charge in [-0.25, -0.2) is 0 Å². The maximum atomic E-state index is 5.50. The molecule has 5 heteroatoms. The van der Waals surface area contributed by atoms with Gasteiger partial charge in [0.2, 0.25) is 0 Å². The van der Waals surface area contributed by atoms with Crippen LogP contribution in [0.25, 0.3) is 0 Å². The minimum Gasteiger partial charge on any atom is -0.370 e. The third-order valence-corrected chi connectivity index (χ3v) is 3.44. The molecule has 1 aliphatic heterocycles. The third-order valence-electron chi connectivity index (χ3n) is 1.70. The number of rotatable bonds is 1. The van der Waals surface area contributed by atoms with Gasteiger partial charge in [-0.2, -0.15) is 0 Å². The molecule has 1 aromatic heterocycles. The summed E-state index contributed by atoms with van der Waals surface area (Å²) in [4.78, 5) is 5.35. The molecular weight excluding hydrogens is 238 g/mol. The van der Waals surface area contributed by atoms with Gasteiger partial charge < -0.3 is 11.1 Å². The van der Waals surface area contributed by atoms with E-state index in [0.717, 1.165) is 10.3 Å². The highest BCUT2D eigenvalue weighted by Gasteiger charge is 2.18. The van der Waals surface area contributed by atoms with Gasteiger partial charge in [0.05, 0.1) is 16.4 Å². The fourth-order valence-corrected chi connectivity index (χ4v) is 2.60. The molecule has 0 saturated heterocycles. The molecule has 1 atom stereocenters. The predicted molar refractivity (Wildman–Crippen MR) is 54.4 cm³/mol. The van der Waals surface area contributed by atoms with Crippen molar-refractivity contribution in [3.63, 3.8) is 0 Å². The van der Waals surface area contributed by atoms with E-state index < -0.39 is 0 Å². The molecule has 0 amide bonds. The maximum absolute atomic E-state index is 5.50. The van der Waals surface area contributed by atoms with Gasteiger partial charge in [-0.1, -0.05) is 0 Å². The lowest BCUT2D eigenvalue weighted by Crippen LogP contribution is -2.29. The summed E-state index contributed by atoms with van der Waals surface area (Å²) in [5.41, 5.74) is 5.50. The van der Waals surface area contributed by atoms with Gasteiger partial charge in [0.1, 0.15) is 0 Å². The summed E-state index contributed by atoms with van der Waals surface area (Å²) in [5, 5.41) is 3.10. The highest BCUT2D eigenvalue weighted by molar-refractivity contribution is 9.11. The number of nitrogens with zero attached hydrogens (tertiary/aromatic N) is 1. The number of hydrogen-bond acceptors (Lipinski definition) is 4. The van der Waals surface area contributed by atoms with E-state index in [-0.39, 0.29) is 6.04 Å². The molecule has 0 bridgehead atoms. The lowest BCUT2D eigenvalue weighted by molar-refractivity contribution is 0.722. The number of aliphatic imine (C=N–C) groups is 1. The Balaban J connectivity index is 2.13. The Labute approximate surface area is 82.8 Å². The zero-order chi connectivity index (χ0) is 8.55. The number of halogens is 1. The topological polar surface area (TPSA) is 50.4 Å². The molecule has 3 nitrogen and oxygen atoms in total. The summed E-state index contributed by atoms with van der Waals surface area (Å²) in [6.45, 7) is 0.749. The Kier molecular flexibility index (Phi) is 2.06. The van der Waals surface area contributed by atoms with Crippen molar-refractivity contribution in [2.75, 3.05) is 6.54 Å². The second kappa shape index (κ2) is 3.06. The predicted octanol–water partition coefficient (Wildman–Crippen LogP) is 1.47. The Morgan fingerprint density at radius 2 is 2.50 bits per heavy atom. The number of nitrogens with one attached hydrogen (secondary N) is 1. The fourth-order valence-electron chi connectivity index (χ4n) is 1.14. The van der Waals surface area contributed by atoms with Crippen LogP contribution in [0.3, 0.4) is 0 Å². The van der Waals surface area contributed by atoms with Crippen LogP contribution in [0, 0.1) is 0 Å². The lowest BCUT2D eigenvalue weighted by atomic mass is 10.2. The monoisotopic (exact) mass is 245 g/mol. The van der Waals surface area contributed by atoms with Crippen LogP contribution in [0.4, 0.5) is 0 Å². The van der Waals surface area contributed by atoms with Gasteiger partial charge in [-0.05, 0) is 28.1 Å². The lowest BCUT2D eigenvalue weighted by Gasteiger charge is -2.06. The molecular formula is C7H8BrN3S. The molecule has 2 heterocycles. The van der Waals surface area contributed by atoms with E-state index in [1.807, 2.05) is 6.07 Å². The maximum Gasteiger partial charge on any atom is 0.189 e. The molecule has 2 rings (SSSR count). The zero-order valence-corrected chi connectivity index (χ0v) is 8.65. The number of hydrogen-bond donors (Lipinski definition) is 2. The van der Waals surface area contributed by atoms with Gasteiger partial charge in [0.15, 0.2) is 5.96 Å². The van der Waals surface area contributed by atoms with E-state index in [1.165, 1.54) is 4.88 Å². The van der Waals surface area contributed by atoms with Crippen LogP contribution in [0.5, 0.6) is 0 Å². The van der Waals surface area contributed by atoms with Crippen LogP contribution in [-0.4, -0.2) is 12.5 Å². The Morgan fingerprint density at radius 3 is 3.00 bits per heavy atom. The van der Waals surface area contributed by atoms with Crippen LogP contribution in [0.2, 0.25) is 0 Å². The number of thiophene rings is 1. The first kappa shape index (κ1) is 8.07. The first-order valence-electron chi connectivity index (χ1n) is 3.57. The smallest absolute Gasteiger partial charge is 0.189 e. The molecule has 64 valence electrons. The summed E-state index contributed by atoms with van der Waals surface area (Å²) in [6.07, 6.45) is 0. The average molecular weight is 246 g/mol. The summed E-state index contributed by atoms with van der Waals surface area (Å²) in [6, 6.07) is 4.40. The van der Waals surface area contributed by atoms with Crippen molar-refractivity contribution in [2.24, 2.45) is 10.7 Å². The van der Waals surface area contributed by atoms with Crippen molar-refractivity contribution in [3.8, 4) is 0 Å². The molecule has 12 heavy (non-hydrogen) atoms. The largest absolute Gasteiger partial charge is 0.370 e. The Bertz CT molecular complexity index is 320. The van der Waals surface area contributed by atoms with Gasteiger partial charge in [0, 0.05) is 4.88 Å². The first-order chi connectivity index (χ1) is 5.75. The summed E-state index contributed by atoms with van der Waals surface area (Å²) >= 11 is 5.13. The van der Waals surface area contributed by atoms with Crippen molar-refractivity contribution in [1.82, 2.24) is 5.32 Å². The zero-order valence-electron chi connectivity index (χ0n) is 6.25. The van der Waals surface area contributed by atoms with Gasteiger partial charge in [0.25, 0.3) is 0 Å². The van der Waals surface area contributed by atoms with Crippen molar-refractivity contribution in [3.05, 3.63) is 20.8 Å². The molecule has 0 radical (unpaired) electrons. The highest BCUT2D eigenvalue weighted by atomic mass is 79.9. The van der Waals surface area contributed by atoms with E-state index in [9.17, 15) is 0 Å². The fraction of sp³-hybridized carbons (Fsp3) is 0.286. The number of guanidine groups is 1. The highest BCUT2D eigenvalue weighted by Crippen LogP contribution is 2.28. The van der Waals surface area contributed by atoms with Crippen LogP contribution < -0.4 is 11.1 Å². The molecule has 3 N–H and O–H groups in total. The summed E-state index contributed by atoms with van der Waals surface area (Å²) < 4.78 is 1.14. The molecule has 1 unspecified atom stereocenters. The Hall–Kier alpha value is -0.550. The van der Waals surface area contributed by atoms with Gasteiger partial charge >= 0.3 is 0 Å². The first-order valence-corrected chi connectivity index (χ1v) is 5.18. The Morgan fingerprint density at radius 1 is 1.67 bits per heavy atom. The summed E-state index contributed by atoms with van der Waals surface area (Å²) in [7, 11) is 0. The third kappa shape index (κ3) is 1.47. The quantitative estimate of drug-likeness (QED) is 0.788. The van der Waals surface area contributed by atoms with E-state index in [4.69, 9.17) is 5.73 Å². The van der Waals surface area contributed by atoms with Gasteiger partial charge in [-0.15, -0.1) is 11.3 Å². The molecule has 0 spiro atoms. The van der Waals surface area contributed by atoms with E-state index in [0.29, 0.717) is 5.96 Å². The van der Waals surface area contributed by atoms with E-state index in [2.05, 4.69) is 32.3 Å². The SMILES string of the molecule is NC1=NCC(c2ccc(Br)s2)N1. The minimum absolute atomic E-state index is 0.279. The van der Waals surface area contributed by atoms with Crippen LogP contribution in [-0.2, 0) is 0 Å². The molecule has 0 aliphatic carbocycles. The molecule has 0 aromatic carbocycles. The van der Waals surface area contributed by atoms with Crippen molar-refractivity contribution in [1.29, 1.82) is 0 Å². The molecule has 0 fully saturated rings. The van der Waals surface area contributed by atoms with Crippen LogP contribution in [0.15, 0.2) is 20.9 Å². The molecule has 0 saturated carbocycles. The minimum atomic E-state index is 0.279. The van der Waals surface area contributed by atoms with E-state index in [1.54, 1.807) is 11.3 Å². The summed E-state index contributed by atoms with van der Waals surface area (Å²) in [5.74, 6) is 0.546. The van der Waals surface area contributed by atoms with Crippen LogP contribution in [0.1, 0.15) is 10.9 Å². The van der Waals surface area contributed by atoms with Crippen molar-refractivity contribution >= 4 is 33.2 Å². The van der Waals surface area contributed by atoms with Crippen molar-refractivity contribution in [2.45, 2.75) is 6.04 Å². The molecule has 1 aliphatic rings. The van der Waals surface area contributed by atoms with Crippen molar-refractivity contribution < 1.29 is 0 Å².